The van der Waals surface area contributed by atoms with Crippen LogP contribution in [0.25, 0.3) is 12.2 Å². The zero-order valence-electron chi connectivity index (χ0n) is 11.9. The molecule has 1 aliphatic heterocycles. The average Bonchev–Trinajstić information content (AvgIpc) is 3.06. The Balaban J connectivity index is 1.61. The molecule has 1 fully saturated rings. The fraction of sp³-hybridized carbons (Fsp3) is 0.294. The molecule has 4 heteroatoms. The molecule has 1 saturated heterocycles. The second kappa shape index (κ2) is 6.99. The van der Waals surface area contributed by atoms with E-state index in [2.05, 4.69) is 15.3 Å². The minimum atomic E-state index is 0.473. The van der Waals surface area contributed by atoms with Crippen molar-refractivity contribution in [3.05, 3.63) is 54.1 Å². The Bertz CT molecular complexity index is 592. The lowest BCUT2D eigenvalue weighted by atomic mass is 10.2. The quantitative estimate of drug-likeness (QED) is 0.915. The van der Waals surface area contributed by atoms with Gasteiger partial charge in [-0.05, 0) is 48.7 Å². The van der Waals surface area contributed by atoms with Crippen molar-refractivity contribution in [1.29, 1.82) is 0 Å². The van der Waals surface area contributed by atoms with E-state index in [9.17, 15) is 0 Å². The molecule has 21 heavy (non-hydrogen) atoms. The van der Waals surface area contributed by atoms with Gasteiger partial charge in [-0.15, -0.1) is 0 Å². The highest BCUT2D eigenvalue weighted by Gasteiger charge is 2.14. The predicted octanol–water partition coefficient (Wildman–Crippen LogP) is 2.78. The first-order valence-corrected chi connectivity index (χ1v) is 7.29. The number of pyridine rings is 2. The van der Waals surface area contributed by atoms with Crippen LogP contribution in [0, 0.1) is 0 Å². The van der Waals surface area contributed by atoms with E-state index in [1.165, 1.54) is 12.8 Å². The number of nitrogens with one attached hydrogen (secondary N) is 1. The Morgan fingerprint density at radius 2 is 2.00 bits per heavy atom. The summed E-state index contributed by atoms with van der Waals surface area (Å²) in [5.41, 5.74) is 2.15. The van der Waals surface area contributed by atoms with Crippen molar-refractivity contribution in [1.82, 2.24) is 15.3 Å². The summed E-state index contributed by atoms with van der Waals surface area (Å²) in [4.78, 5) is 8.24. The molecule has 0 radical (unpaired) electrons. The van der Waals surface area contributed by atoms with E-state index in [1.54, 1.807) is 18.6 Å². The molecule has 0 saturated carbocycles. The van der Waals surface area contributed by atoms with E-state index >= 15 is 0 Å². The van der Waals surface area contributed by atoms with Gasteiger partial charge in [-0.25, -0.2) is 0 Å². The second-order valence-electron chi connectivity index (χ2n) is 5.17. The molecule has 0 amide bonds. The van der Waals surface area contributed by atoms with Gasteiger partial charge in [0.05, 0.1) is 6.20 Å². The minimum absolute atomic E-state index is 0.473. The third-order valence-corrected chi connectivity index (χ3v) is 3.52. The number of nitrogens with zero attached hydrogens (tertiary/aromatic N) is 2. The highest BCUT2D eigenvalue weighted by Crippen LogP contribution is 2.15. The lowest BCUT2D eigenvalue weighted by Gasteiger charge is -2.11. The van der Waals surface area contributed by atoms with Gasteiger partial charge in [0.1, 0.15) is 12.4 Å². The van der Waals surface area contributed by atoms with Crippen molar-refractivity contribution in [2.75, 3.05) is 13.2 Å². The van der Waals surface area contributed by atoms with Crippen LogP contribution in [0.2, 0.25) is 0 Å². The highest BCUT2D eigenvalue weighted by molar-refractivity contribution is 5.69. The van der Waals surface area contributed by atoms with E-state index in [4.69, 9.17) is 4.74 Å². The normalized spacial score (nSPS) is 18.2. The number of ether oxygens (including phenoxy) is 1. The molecule has 0 bridgehead atoms. The molecule has 0 aliphatic carbocycles. The molecule has 4 nitrogen and oxygen atoms in total. The molecular weight excluding hydrogens is 262 g/mol. The van der Waals surface area contributed by atoms with Gasteiger partial charge in [0, 0.05) is 24.6 Å². The van der Waals surface area contributed by atoms with Gasteiger partial charge in [0.2, 0.25) is 0 Å². The standard InChI is InChI=1S/C17H19N3O/c1-2-16(20-7-1)13-21-17-10-15(11-19-12-17)4-3-14-5-8-18-9-6-14/h3-6,8-12,16,20H,1-2,7,13H2/t16-/m1/s1. The Morgan fingerprint density at radius 3 is 2.81 bits per heavy atom. The first-order chi connectivity index (χ1) is 10.4. The van der Waals surface area contributed by atoms with E-state index < -0.39 is 0 Å². The van der Waals surface area contributed by atoms with Gasteiger partial charge >= 0.3 is 0 Å². The van der Waals surface area contributed by atoms with Gasteiger partial charge in [-0.3, -0.25) is 9.97 Å². The van der Waals surface area contributed by atoms with Gasteiger partial charge < -0.3 is 10.1 Å². The van der Waals surface area contributed by atoms with Crippen LogP contribution in [0.15, 0.2) is 43.0 Å². The van der Waals surface area contributed by atoms with Crippen LogP contribution in [-0.2, 0) is 0 Å². The van der Waals surface area contributed by atoms with E-state index in [0.29, 0.717) is 12.6 Å². The Kier molecular flexibility index (Phi) is 4.59. The highest BCUT2D eigenvalue weighted by atomic mass is 16.5. The van der Waals surface area contributed by atoms with Crippen molar-refractivity contribution in [3.63, 3.8) is 0 Å². The molecule has 1 aliphatic rings. The van der Waals surface area contributed by atoms with E-state index in [0.717, 1.165) is 23.4 Å². The summed E-state index contributed by atoms with van der Waals surface area (Å²) in [5, 5.41) is 3.42. The maximum Gasteiger partial charge on any atom is 0.138 e. The van der Waals surface area contributed by atoms with Crippen LogP contribution in [0.5, 0.6) is 5.75 Å². The predicted molar refractivity (Wildman–Crippen MR) is 83.9 cm³/mol. The van der Waals surface area contributed by atoms with Crippen molar-refractivity contribution in [2.45, 2.75) is 18.9 Å². The SMILES string of the molecule is C(=Cc1cncc(OC[C@H]2CCCN2)c1)c1ccncc1. The zero-order chi connectivity index (χ0) is 14.3. The van der Waals surface area contributed by atoms with E-state index in [-0.39, 0.29) is 0 Å². The van der Waals surface area contributed by atoms with Crippen molar-refractivity contribution in [2.24, 2.45) is 0 Å². The van der Waals surface area contributed by atoms with E-state index in [1.807, 2.05) is 36.5 Å². The monoisotopic (exact) mass is 281 g/mol. The molecule has 1 atom stereocenters. The van der Waals surface area contributed by atoms with Crippen LogP contribution in [0.4, 0.5) is 0 Å². The third kappa shape index (κ3) is 4.13. The summed E-state index contributed by atoms with van der Waals surface area (Å²) >= 11 is 0. The van der Waals surface area contributed by atoms with Crippen LogP contribution in [-0.4, -0.2) is 29.2 Å². The number of hydrogen-bond donors (Lipinski definition) is 1. The van der Waals surface area contributed by atoms with Gasteiger partial charge in [-0.1, -0.05) is 12.2 Å². The van der Waals surface area contributed by atoms with Crippen LogP contribution < -0.4 is 10.1 Å². The number of aromatic nitrogens is 2. The number of hydrogen-bond acceptors (Lipinski definition) is 4. The lowest BCUT2D eigenvalue weighted by Crippen LogP contribution is -2.28. The molecule has 1 N–H and O–H groups in total. The van der Waals surface area contributed by atoms with Crippen LogP contribution in [0.3, 0.4) is 0 Å². The topological polar surface area (TPSA) is 47.0 Å². The molecule has 0 unspecified atom stereocenters. The fourth-order valence-electron chi connectivity index (χ4n) is 2.37. The third-order valence-electron chi connectivity index (χ3n) is 3.52. The molecule has 3 heterocycles. The summed E-state index contributed by atoms with van der Waals surface area (Å²) in [7, 11) is 0. The summed E-state index contributed by atoms with van der Waals surface area (Å²) < 4.78 is 5.81. The summed E-state index contributed by atoms with van der Waals surface area (Å²) in [5.74, 6) is 0.820. The van der Waals surface area contributed by atoms with Crippen molar-refractivity contribution >= 4 is 12.2 Å². The van der Waals surface area contributed by atoms with Gasteiger partial charge in [0.25, 0.3) is 0 Å². The lowest BCUT2D eigenvalue weighted by molar-refractivity contribution is 0.276. The average molecular weight is 281 g/mol. The largest absolute Gasteiger partial charge is 0.490 e. The molecule has 0 spiro atoms. The Morgan fingerprint density at radius 1 is 1.14 bits per heavy atom. The molecule has 108 valence electrons. The zero-order valence-corrected chi connectivity index (χ0v) is 11.9. The second-order valence-corrected chi connectivity index (χ2v) is 5.17. The maximum absolute atomic E-state index is 5.81. The van der Waals surface area contributed by atoms with Gasteiger partial charge in [-0.2, -0.15) is 0 Å². The minimum Gasteiger partial charge on any atom is -0.490 e. The van der Waals surface area contributed by atoms with Crippen LogP contribution in [0.1, 0.15) is 24.0 Å². The molecular formula is C17H19N3O. The number of rotatable bonds is 5. The smallest absolute Gasteiger partial charge is 0.138 e. The first-order valence-electron chi connectivity index (χ1n) is 7.29. The fourth-order valence-corrected chi connectivity index (χ4v) is 2.37. The molecule has 3 rings (SSSR count). The van der Waals surface area contributed by atoms with Crippen molar-refractivity contribution in [3.8, 4) is 5.75 Å². The maximum atomic E-state index is 5.81. The molecule has 2 aromatic heterocycles. The summed E-state index contributed by atoms with van der Waals surface area (Å²) in [6.07, 6.45) is 13.7. The molecule has 0 aromatic carbocycles. The summed E-state index contributed by atoms with van der Waals surface area (Å²) in [6.45, 7) is 1.81. The molecule has 2 aromatic rings. The summed E-state index contributed by atoms with van der Waals surface area (Å²) in [6, 6.07) is 6.42. The van der Waals surface area contributed by atoms with Gasteiger partial charge in [0.15, 0.2) is 0 Å². The Labute approximate surface area is 124 Å². The Hall–Kier alpha value is -2.20. The first kappa shape index (κ1) is 13.8. The van der Waals surface area contributed by atoms with Crippen molar-refractivity contribution < 1.29 is 4.74 Å². The van der Waals surface area contributed by atoms with Crippen LogP contribution >= 0.6 is 0 Å².